The van der Waals surface area contributed by atoms with Crippen LogP contribution in [-0.2, 0) is 0 Å². The van der Waals surface area contributed by atoms with Gasteiger partial charge in [0.1, 0.15) is 23.0 Å². The molecule has 0 amide bonds. The van der Waals surface area contributed by atoms with Gasteiger partial charge in [-0.2, -0.15) is 50.5 Å². The van der Waals surface area contributed by atoms with Crippen molar-refractivity contribution in [2.45, 2.75) is 25.7 Å². The van der Waals surface area contributed by atoms with Crippen molar-refractivity contribution in [3.63, 3.8) is 0 Å². The number of ether oxygens (including phenoxy) is 4. The van der Waals surface area contributed by atoms with Crippen molar-refractivity contribution in [1.29, 1.82) is 0 Å². The van der Waals surface area contributed by atoms with Crippen LogP contribution < -0.4 is 18.9 Å². The van der Waals surface area contributed by atoms with Crippen LogP contribution >= 0.6 is 50.5 Å². The van der Waals surface area contributed by atoms with Crippen LogP contribution in [0.2, 0.25) is 0 Å². The highest BCUT2D eigenvalue weighted by Crippen LogP contribution is 2.40. The van der Waals surface area contributed by atoms with E-state index < -0.39 is 0 Å². The highest BCUT2D eigenvalue weighted by Gasteiger charge is 2.20. The van der Waals surface area contributed by atoms with Crippen molar-refractivity contribution >= 4 is 96.9 Å². The van der Waals surface area contributed by atoms with Gasteiger partial charge in [0.2, 0.25) is 0 Å². The van der Waals surface area contributed by atoms with E-state index in [1.165, 1.54) is 0 Å². The number of nitrogens with zero attached hydrogens (tertiary/aromatic N) is 2. The van der Waals surface area contributed by atoms with Gasteiger partial charge in [0.25, 0.3) is 0 Å². The second-order valence-corrected chi connectivity index (χ2v) is 18.1. The number of rotatable bonds is 20. The molecule has 0 atom stereocenters. The Morgan fingerprint density at radius 2 is 0.588 bits per heavy atom. The molecule has 8 nitrogen and oxygen atoms in total. The van der Waals surface area contributed by atoms with Crippen molar-refractivity contribution in [2.24, 2.45) is 0 Å². The predicted molar refractivity (Wildman–Crippen MR) is 296 cm³/mol. The maximum Gasteiger partial charge on any atom is 0.119 e. The van der Waals surface area contributed by atoms with E-state index in [-0.39, 0.29) is 0 Å². The molecule has 2 aliphatic rings. The average Bonchev–Trinajstić information content (AvgIpc) is 4.21. The summed E-state index contributed by atoms with van der Waals surface area (Å²) in [6.45, 7) is 2.28. The summed E-state index contributed by atoms with van der Waals surface area (Å²) < 4.78 is 24.9. The Balaban J connectivity index is 1.37. The van der Waals surface area contributed by atoms with Gasteiger partial charge in [0.15, 0.2) is 0 Å². The molecule has 12 heteroatoms. The average molecular weight is 975 g/mol. The summed E-state index contributed by atoms with van der Waals surface area (Å²) in [5.41, 5.74) is 14.3. The number of hydrogen-bond donors (Lipinski definition) is 6. The van der Waals surface area contributed by atoms with Gasteiger partial charge in [-0.15, -0.1) is 0 Å². The number of thiol groups is 4. The van der Waals surface area contributed by atoms with Gasteiger partial charge in [0.05, 0.1) is 49.2 Å². The predicted octanol–water partition coefficient (Wildman–Crippen LogP) is 14.1. The molecule has 0 saturated carbocycles. The molecule has 0 radical (unpaired) electrons. The van der Waals surface area contributed by atoms with Gasteiger partial charge in [-0.3, -0.25) is 0 Å². The number of aromatic nitrogens is 4. The van der Waals surface area contributed by atoms with Crippen LogP contribution in [0.25, 0.3) is 90.9 Å². The van der Waals surface area contributed by atoms with Crippen LogP contribution in [0.1, 0.15) is 48.5 Å². The molecule has 0 aliphatic carbocycles. The van der Waals surface area contributed by atoms with Crippen molar-refractivity contribution < 1.29 is 18.9 Å². The fraction of sp³-hybridized carbons (Fsp3) is 0.214. The molecule has 2 N–H and O–H groups in total. The van der Waals surface area contributed by atoms with Crippen LogP contribution in [0.4, 0.5) is 0 Å². The first-order valence-electron chi connectivity index (χ1n) is 23.1. The van der Waals surface area contributed by atoms with Crippen molar-refractivity contribution in [3.8, 4) is 67.5 Å². The lowest BCUT2D eigenvalue weighted by Crippen LogP contribution is -1.98. The third-order valence-corrected chi connectivity index (χ3v) is 12.8. The largest absolute Gasteiger partial charge is 0.494 e. The van der Waals surface area contributed by atoms with Gasteiger partial charge >= 0.3 is 0 Å². The molecule has 3 aromatic heterocycles. The van der Waals surface area contributed by atoms with Crippen molar-refractivity contribution in [2.75, 3.05) is 49.4 Å². The highest BCUT2D eigenvalue weighted by atomic mass is 32.1. The van der Waals surface area contributed by atoms with E-state index in [1.54, 1.807) is 0 Å². The number of benzene rings is 4. The lowest BCUT2D eigenvalue weighted by Gasteiger charge is -2.10. The quantitative estimate of drug-likeness (QED) is 0.0337. The topological polar surface area (TPSA) is 94.3 Å². The second kappa shape index (κ2) is 22.9. The first kappa shape index (κ1) is 47.2. The summed E-state index contributed by atoms with van der Waals surface area (Å²) >= 11 is 17.6. The zero-order valence-electron chi connectivity index (χ0n) is 37.7. The maximum absolute atomic E-state index is 6.23. The molecule has 346 valence electrons. The molecule has 0 saturated heterocycles. The Labute approximate surface area is 419 Å². The fourth-order valence-corrected chi connectivity index (χ4v) is 8.92. The summed E-state index contributed by atoms with van der Waals surface area (Å²) in [6.07, 6.45) is 11.8. The van der Waals surface area contributed by atoms with Crippen molar-refractivity contribution in [3.05, 3.63) is 144 Å². The molecule has 7 aromatic rings. The van der Waals surface area contributed by atoms with Crippen LogP contribution in [0, 0.1) is 0 Å². The molecular formula is C56H54N4O4S4. The first-order valence-corrected chi connectivity index (χ1v) is 25.6. The summed E-state index contributed by atoms with van der Waals surface area (Å²) in [4.78, 5) is 18.7. The van der Waals surface area contributed by atoms with Gasteiger partial charge in [0, 0.05) is 44.3 Å². The van der Waals surface area contributed by atoms with E-state index >= 15 is 0 Å². The lowest BCUT2D eigenvalue weighted by molar-refractivity contribution is 0.319. The molecule has 8 bridgehead atoms. The standard InChI is InChI=1S/C56H54N4O4S4/c65-29-5-25-61-41-13-1-9-37(33-41)53-45-17-19-47(57-45)54(38-10-2-14-42(34-38)62-26-6-30-66)49-21-23-51(59-49)56(40-12-4-16-44(36-40)64-28-8-32-68)52-24-22-50(60-52)55(48-20-18-46(53)58-48)39-11-3-15-43(35-39)63-27-7-31-67/h1-4,9-24,33-36,57,60,65-68H,5-8,25-32H2. The van der Waals surface area contributed by atoms with Crippen LogP contribution in [0.5, 0.6) is 23.0 Å². The van der Waals surface area contributed by atoms with E-state index in [0.717, 1.165) is 161 Å². The molecule has 0 unspecified atom stereocenters. The van der Waals surface area contributed by atoms with E-state index in [1.807, 2.05) is 48.5 Å². The summed E-state index contributed by atoms with van der Waals surface area (Å²) in [6, 6.07) is 41.5. The second-order valence-electron chi connectivity index (χ2n) is 16.3. The van der Waals surface area contributed by atoms with E-state index in [0.29, 0.717) is 26.4 Å². The Morgan fingerprint density at radius 3 is 0.824 bits per heavy atom. The molecule has 0 fully saturated rings. The molecular weight excluding hydrogens is 921 g/mol. The Morgan fingerprint density at radius 1 is 0.338 bits per heavy atom. The molecule has 9 rings (SSSR count). The zero-order chi connectivity index (χ0) is 46.7. The highest BCUT2D eigenvalue weighted by molar-refractivity contribution is 7.80. The number of H-pyrrole nitrogens is 2. The third kappa shape index (κ3) is 11.0. The van der Waals surface area contributed by atoms with Crippen LogP contribution in [0.3, 0.4) is 0 Å². The van der Waals surface area contributed by atoms with Crippen molar-refractivity contribution in [1.82, 2.24) is 19.9 Å². The molecule has 0 spiro atoms. The minimum atomic E-state index is 0.570. The maximum atomic E-state index is 6.23. The fourth-order valence-electron chi connectivity index (χ4n) is 8.40. The van der Waals surface area contributed by atoms with Crippen LogP contribution in [0.15, 0.2) is 121 Å². The van der Waals surface area contributed by atoms with E-state index in [4.69, 9.17) is 28.9 Å². The van der Waals surface area contributed by atoms with E-state index in [9.17, 15) is 0 Å². The van der Waals surface area contributed by atoms with Gasteiger partial charge in [-0.1, -0.05) is 48.5 Å². The van der Waals surface area contributed by atoms with Gasteiger partial charge in [-0.25, -0.2) is 9.97 Å². The molecule has 68 heavy (non-hydrogen) atoms. The summed E-state index contributed by atoms with van der Waals surface area (Å²) in [5.74, 6) is 6.10. The Kier molecular flexibility index (Phi) is 15.9. The SMILES string of the molecule is SCCCOc1cccc(-c2c3nc(c(-c4cccc(OCCCS)c4)c4ccc([nH]4)c(-c4cccc(OCCCS)c4)c4nc(c(-c5cccc(OCCCS)c5)c5ccc2[nH]5)C=C4)C=C3)c1. The monoisotopic (exact) mass is 974 g/mol. The third-order valence-electron chi connectivity index (χ3n) is 11.5. The Bertz CT molecular complexity index is 2720. The lowest BCUT2D eigenvalue weighted by atomic mass is 10.0. The zero-order valence-corrected chi connectivity index (χ0v) is 41.2. The molecule has 2 aliphatic heterocycles. The minimum absolute atomic E-state index is 0.570. The van der Waals surface area contributed by atoms with Gasteiger partial charge < -0.3 is 28.9 Å². The normalized spacial score (nSPS) is 11.8. The number of fused-ring (bicyclic) bond motifs is 8. The summed E-state index contributed by atoms with van der Waals surface area (Å²) in [7, 11) is 0. The van der Waals surface area contributed by atoms with Crippen LogP contribution in [-0.4, -0.2) is 69.4 Å². The smallest absolute Gasteiger partial charge is 0.119 e. The van der Waals surface area contributed by atoms with E-state index in [2.05, 4.69) is 158 Å². The Hall–Kier alpha value is -5.92. The number of aromatic amines is 2. The first-order chi connectivity index (χ1) is 33.5. The molecule has 4 aromatic carbocycles. The van der Waals surface area contributed by atoms with Gasteiger partial charge in [-0.05, 0) is 168 Å². The number of nitrogens with one attached hydrogen (secondary N) is 2. The molecule has 5 heterocycles. The summed E-state index contributed by atoms with van der Waals surface area (Å²) in [5, 5.41) is 0. The number of hydrogen-bond acceptors (Lipinski definition) is 10. The minimum Gasteiger partial charge on any atom is -0.494 e.